The average molecular weight is 280 g/mol. The Hall–Kier alpha value is -0.490. The minimum Gasteiger partial charge on any atom is -0.375 e. The summed E-state index contributed by atoms with van der Waals surface area (Å²) in [6.45, 7) is 9.53. The van der Waals surface area contributed by atoms with Crippen molar-refractivity contribution in [3.63, 3.8) is 0 Å². The highest BCUT2D eigenvalue weighted by atomic mass is 31.2. The summed E-state index contributed by atoms with van der Waals surface area (Å²) in [5.41, 5.74) is 0. The first kappa shape index (κ1) is 17.5. The minimum absolute atomic E-state index is 0.0962. The highest BCUT2D eigenvalue weighted by molar-refractivity contribution is 7.47. The van der Waals surface area contributed by atoms with E-state index in [1.54, 1.807) is 19.1 Å². The van der Waals surface area contributed by atoms with Gasteiger partial charge in [-0.05, 0) is 6.92 Å². The lowest BCUT2D eigenvalue weighted by Gasteiger charge is -2.18. The zero-order chi connectivity index (χ0) is 13.9. The van der Waals surface area contributed by atoms with Gasteiger partial charge in [-0.3, -0.25) is 9.05 Å². The van der Waals surface area contributed by atoms with Crippen molar-refractivity contribution in [3.05, 3.63) is 25.3 Å². The molecule has 0 fully saturated rings. The fourth-order valence-corrected chi connectivity index (χ4v) is 1.76. The highest BCUT2D eigenvalue weighted by Crippen LogP contribution is 2.42. The Morgan fingerprint density at radius 2 is 1.89 bits per heavy atom. The SMILES string of the molecule is C=CCOCC(COP(=O)(O)OCC)OCC=C. The van der Waals surface area contributed by atoms with Crippen molar-refractivity contribution in [2.75, 3.05) is 33.0 Å². The molecule has 0 aliphatic heterocycles. The van der Waals surface area contributed by atoms with E-state index < -0.39 is 13.9 Å². The van der Waals surface area contributed by atoms with Gasteiger partial charge in [0.05, 0.1) is 33.0 Å². The third-order valence-electron chi connectivity index (χ3n) is 1.71. The minimum atomic E-state index is -4.00. The molecule has 0 saturated heterocycles. The van der Waals surface area contributed by atoms with E-state index in [9.17, 15) is 9.46 Å². The summed E-state index contributed by atoms with van der Waals surface area (Å²) in [4.78, 5) is 9.24. The second kappa shape index (κ2) is 10.4. The fourth-order valence-electron chi connectivity index (χ4n) is 1.01. The first-order valence-electron chi connectivity index (χ1n) is 5.58. The predicted octanol–water partition coefficient (Wildman–Crippen LogP) is 1.91. The lowest BCUT2D eigenvalue weighted by Crippen LogP contribution is -2.25. The molecule has 106 valence electrons. The van der Waals surface area contributed by atoms with Crippen LogP contribution in [0.15, 0.2) is 25.3 Å². The summed E-state index contributed by atoms with van der Waals surface area (Å²) in [6.07, 6.45) is 2.70. The Kier molecular flexibility index (Phi) is 10.2. The Labute approximate surface area is 108 Å². The second-order valence-corrected chi connectivity index (χ2v) is 4.71. The van der Waals surface area contributed by atoms with Crippen LogP contribution in [-0.4, -0.2) is 44.0 Å². The van der Waals surface area contributed by atoms with Crippen molar-refractivity contribution in [2.24, 2.45) is 0 Å². The van der Waals surface area contributed by atoms with Gasteiger partial charge >= 0.3 is 7.82 Å². The molecule has 0 spiro atoms. The van der Waals surface area contributed by atoms with Gasteiger partial charge < -0.3 is 14.4 Å². The molecule has 1 N–H and O–H groups in total. The smallest absolute Gasteiger partial charge is 0.375 e. The van der Waals surface area contributed by atoms with E-state index in [0.717, 1.165) is 0 Å². The third-order valence-corrected chi connectivity index (χ3v) is 2.76. The van der Waals surface area contributed by atoms with Crippen molar-refractivity contribution in [3.8, 4) is 0 Å². The number of hydrogen-bond donors (Lipinski definition) is 1. The lowest BCUT2D eigenvalue weighted by atomic mass is 10.4. The molecule has 0 aromatic carbocycles. The Morgan fingerprint density at radius 1 is 1.22 bits per heavy atom. The molecule has 0 aliphatic rings. The monoisotopic (exact) mass is 280 g/mol. The van der Waals surface area contributed by atoms with E-state index >= 15 is 0 Å². The molecule has 0 aromatic heterocycles. The van der Waals surface area contributed by atoms with Gasteiger partial charge in [0.15, 0.2) is 0 Å². The van der Waals surface area contributed by atoms with Gasteiger partial charge in [-0.1, -0.05) is 12.2 Å². The van der Waals surface area contributed by atoms with Crippen LogP contribution >= 0.6 is 7.82 Å². The van der Waals surface area contributed by atoms with Crippen LogP contribution in [0.3, 0.4) is 0 Å². The predicted molar refractivity (Wildman–Crippen MR) is 68.4 cm³/mol. The van der Waals surface area contributed by atoms with Crippen molar-refractivity contribution >= 4 is 7.82 Å². The van der Waals surface area contributed by atoms with Crippen LogP contribution in [0.25, 0.3) is 0 Å². The zero-order valence-corrected chi connectivity index (χ0v) is 11.5. The fraction of sp³-hybridized carbons (Fsp3) is 0.636. The van der Waals surface area contributed by atoms with Gasteiger partial charge in [0.25, 0.3) is 0 Å². The topological polar surface area (TPSA) is 74.2 Å². The number of ether oxygens (including phenoxy) is 2. The van der Waals surface area contributed by atoms with Crippen LogP contribution in [0.2, 0.25) is 0 Å². The molecule has 2 unspecified atom stereocenters. The van der Waals surface area contributed by atoms with Crippen molar-refractivity contribution in [2.45, 2.75) is 13.0 Å². The maximum atomic E-state index is 11.3. The van der Waals surface area contributed by atoms with E-state index in [0.29, 0.717) is 13.2 Å². The molecule has 6 nitrogen and oxygen atoms in total. The number of hydrogen-bond acceptors (Lipinski definition) is 5. The maximum Gasteiger partial charge on any atom is 0.472 e. The van der Waals surface area contributed by atoms with Gasteiger partial charge in [-0.15, -0.1) is 13.2 Å². The van der Waals surface area contributed by atoms with Crippen molar-refractivity contribution in [1.82, 2.24) is 0 Å². The van der Waals surface area contributed by atoms with E-state index in [-0.39, 0.29) is 19.8 Å². The molecule has 0 bridgehead atoms. The quantitative estimate of drug-likeness (QED) is 0.334. The summed E-state index contributed by atoms with van der Waals surface area (Å²) in [6, 6.07) is 0. The first-order chi connectivity index (χ1) is 8.55. The molecule has 0 aliphatic carbocycles. The zero-order valence-electron chi connectivity index (χ0n) is 10.6. The summed E-state index contributed by atoms with van der Waals surface area (Å²) in [7, 11) is -4.00. The lowest BCUT2D eigenvalue weighted by molar-refractivity contribution is -0.0280. The molecular weight excluding hydrogens is 259 g/mol. The molecule has 0 radical (unpaired) electrons. The molecule has 0 heterocycles. The van der Waals surface area contributed by atoms with Gasteiger partial charge in [-0.25, -0.2) is 4.57 Å². The molecule has 2 atom stereocenters. The van der Waals surface area contributed by atoms with Gasteiger partial charge in [-0.2, -0.15) is 0 Å². The van der Waals surface area contributed by atoms with Crippen LogP contribution in [0.4, 0.5) is 0 Å². The van der Waals surface area contributed by atoms with Crippen LogP contribution in [0.5, 0.6) is 0 Å². The molecule has 0 rings (SSSR count). The normalized spacial score (nSPS) is 15.9. The van der Waals surface area contributed by atoms with Crippen molar-refractivity contribution < 1.29 is 28.0 Å². The van der Waals surface area contributed by atoms with E-state index in [1.807, 2.05) is 0 Å². The van der Waals surface area contributed by atoms with Crippen LogP contribution in [0.1, 0.15) is 6.92 Å². The standard InChI is InChI=1S/C11H21O6P/c1-4-7-14-9-11(15-8-5-2)10-17-18(12,13)16-6-3/h4-5,11H,1-2,6-10H2,3H3,(H,12,13). The Bertz CT molecular complexity index is 281. The van der Waals surface area contributed by atoms with Crippen molar-refractivity contribution in [1.29, 1.82) is 0 Å². The molecule has 7 heteroatoms. The molecule has 0 amide bonds. The number of rotatable bonds is 12. The molecule has 0 aromatic rings. The Balaban J connectivity index is 4.08. The first-order valence-corrected chi connectivity index (χ1v) is 7.08. The molecule has 0 saturated carbocycles. The van der Waals surface area contributed by atoms with Crippen LogP contribution in [-0.2, 0) is 23.1 Å². The highest BCUT2D eigenvalue weighted by Gasteiger charge is 2.22. The maximum absolute atomic E-state index is 11.3. The van der Waals surface area contributed by atoms with Gasteiger partial charge in [0, 0.05) is 0 Å². The number of phosphoric ester groups is 1. The Morgan fingerprint density at radius 3 is 2.44 bits per heavy atom. The summed E-state index contributed by atoms with van der Waals surface area (Å²) in [5, 5.41) is 0. The van der Waals surface area contributed by atoms with Gasteiger partial charge in [0.2, 0.25) is 0 Å². The molecular formula is C11H21O6P. The van der Waals surface area contributed by atoms with E-state index in [1.165, 1.54) is 0 Å². The summed E-state index contributed by atoms with van der Waals surface area (Å²) in [5.74, 6) is 0. The average Bonchev–Trinajstić information content (AvgIpc) is 2.32. The summed E-state index contributed by atoms with van der Waals surface area (Å²) < 4.78 is 31.2. The van der Waals surface area contributed by atoms with Crippen LogP contribution in [0, 0.1) is 0 Å². The second-order valence-electron chi connectivity index (χ2n) is 3.25. The van der Waals surface area contributed by atoms with E-state index in [4.69, 9.17) is 14.0 Å². The molecule has 18 heavy (non-hydrogen) atoms. The third kappa shape index (κ3) is 9.53. The van der Waals surface area contributed by atoms with Crippen LogP contribution < -0.4 is 0 Å². The van der Waals surface area contributed by atoms with Gasteiger partial charge in [0.1, 0.15) is 6.10 Å². The summed E-state index contributed by atoms with van der Waals surface area (Å²) >= 11 is 0. The number of phosphoric acid groups is 1. The largest absolute Gasteiger partial charge is 0.472 e. The van der Waals surface area contributed by atoms with E-state index in [2.05, 4.69) is 17.7 Å².